The van der Waals surface area contributed by atoms with Gasteiger partial charge in [0.1, 0.15) is 5.69 Å². The van der Waals surface area contributed by atoms with E-state index in [1.54, 1.807) is 11.3 Å². The van der Waals surface area contributed by atoms with Gasteiger partial charge in [-0.1, -0.05) is 0 Å². The predicted octanol–water partition coefficient (Wildman–Crippen LogP) is 2.27. The summed E-state index contributed by atoms with van der Waals surface area (Å²) >= 11 is 1.62. The van der Waals surface area contributed by atoms with E-state index in [1.165, 1.54) is 0 Å². The van der Waals surface area contributed by atoms with Gasteiger partial charge in [-0.2, -0.15) is 0 Å². The molecule has 0 unspecified atom stereocenters. The number of piperidine rings is 1. The second-order valence-corrected chi connectivity index (χ2v) is 6.51. The van der Waals surface area contributed by atoms with E-state index in [2.05, 4.69) is 15.3 Å². The highest BCUT2D eigenvalue weighted by Gasteiger charge is 2.23. The van der Waals surface area contributed by atoms with Gasteiger partial charge in [-0.3, -0.25) is 4.79 Å². The molecule has 5 nitrogen and oxygen atoms in total. The molecule has 2 aromatic rings. The number of H-pyrrole nitrogens is 1. The zero-order chi connectivity index (χ0) is 14.8. The van der Waals surface area contributed by atoms with Gasteiger partial charge in [0, 0.05) is 30.2 Å². The van der Waals surface area contributed by atoms with Gasteiger partial charge < -0.3 is 15.2 Å². The first-order valence-electron chi connectivity index (χ1n) is 7.24. The van der Waals surface area contributed by atoms with Crippen LogP contribution in [0.25, 0.3) is 11.3 Å². The number of hydrogen-bond acceptors (Lipinski definition) is 4. The third-order valence-corrected chi connectivity index (χ3v) is 4.78. The first-order valence-corrected chi connectivity index (χ1v) is 8.12. The smallest absolute Gasteiger partial charge is 0.270 e. The number of amides is 1. The number of rotatable bonds is 3. The fourth-order valence-corrected chi connectivity index (χ4v) is 3.33. The molecule has 6 heteroatoms. The van der Waals surface area contributed by atoms with Crippen LogP contribution >= 0.6 is 11.3 Å². The number of hydrogen-bond donors (Lipinski definition) is 2. The second-order valence-electron chi connectivity index (χ2n) is 5.45. The zero-order valence-electron chi connectivity index (χ0n) is 12.3. The summed E-state index contributed by atoms with van der Waals surface area (Å²) in [6.45, 7) is 3.95. The maximum atomic E-state index is 12.6. The molecule has 1 saturated heterocycles. The van der Waals surface area contributed by atoms with Gasteiger partial charge in [0.25, 0.3) is 5.91 Å². The topological polar surface area (TPSA) is 61.0 Å². The van der Waals surface area contributed by atoms with E-state index in [9.17, 15) is 4.79 Å². The van der Waals surface area contributed by atoms with Gasteiger partial charge in [-0.15, -0.1) is 11.3 Å². The van der Waals surface area contributed by atoms with Crippen molar-refractivity contribution in [3.8, 4) is 11.3 Å². The molecule has 1 aliphatic heterocycles. The van der Waals surface area contributed by atoms with Crippen LogP contribution in [0.1, 0.15) is 28.3 Å². The maximum Gasteiger partial charge on any atom is 0.270 e. The molecule has 0 aromatic carbocycles. The van der Waals surface area contributed by atoms with E-state index in [0.29, 0.717) is 11.7 Å². The van der Waals surface area contributed by atoms with E-state index in [4.69, 9.17) is 0 Å². The maximum absolute atomic E-state index is 12.6. The Hall–Kier alpha value is -1.66. The molecule has 2 N–H and O–H groups in total. The first-order chi connectivity index (χ1) is 10.1. The molecule has 1 fully saturated rings. The van der Waals surface area contributed by atoms with Crippen LogP contribution < -0.4 is 5.32 Å². The number of aryl methyl sites for hydroxylation is 1. The van der Waals surface area contributed by atoms with Crippen LogP contribution in [-0.4, -0.2) is 47.0 Å². The lowest BCUT2D eigenvalue weighted by molar-refractivity contribution is 0.0698. The molecule has 3 heterocycles. The molecule has 0 saturated carbocycles. The van der Waals surface area contributed by atoms with Crippen molar-refractivity contribution in [2.75, 3.05) is 20.1 Å². The third kappa shape index (κ3) is 3.01. The van der Waals surface area contributed by atoms with Crippen molar-refractivity contribution < 1.29 is 4.79 Å². The molecular formula is C15H20N4OS. The van der Waals surface area contributed by atoms with Crippen molar-refractivity contribution >= 4 is 17.2 Å². The fraction of sp³-hybridized carbons (Fsp3) is 0.467. The Balaban J connectivity index is 1.74. The summed E-state index contributed by atoms with van der Waals surface area (Å²) in [5.74, 6) is 0.0556. The number of thiazole rings is 1. The largest absolute Gasteiger partial charge is 0.357 e. The number of carbonyl (C=O) groups is 1. The van der Waals surface area contributed by atoms with Crippen molar-refractivity contribution in [3.05, 3.63) is 28.3 Å². The molecule has 3 rings (SSSR count). The van der Waals surface area contributed by atoms with Crippen LogP contribution in [0.3, 0.4) is 0 Å². The molecule has 0 bridgehead atoms. The van der Waals surface area contributed by atoms with Gasteiger partial charge in [0.15, 0.2) is 0 Å². The summed E-state index contributed by atoms with van der Waals surface area (Å²) in [5.41, 5.74) is 2.54. The molecule has 0 spiro atoms. The average molecular weight is 304 g/mol. The van der Waals surface area contributed by atoms with Gasteiger partial charge in [-0.25, -0.2) is 4.98 Å². The Kier molecular flexibility index (Phi) is 4.07. The summed E-state index contributed by atoms with van der Waals surface area (Å²) in [6, 6.07) is 2.22. The van der Waals surface area contributed by atoms with Gasteiger partial charge in [0.05, 0.1) is 10.7 Å². The Morgan fingerprint density at radius 2 is 2.19 bits per heavy atom. The number of nitrogens with one attached hydrogen (secondary N) is 2. The van der Waals surface area contributed by atoms with Gasteiger partial charge in [-0.05, 0) is 38.9 Å². The van der Waals surface area contributed by atoms with Crippen LogP contribution in [0.15, 0.2) is 17.6 Å². The highest BCUT2D eigenvalue weighted by Crippen LogP contribution is 2.23. The fourth-order valence-electron chi connectivity index (χ4n) is 2.71. The Morgan fingerprint density at radius 3 is 2.86 bits per heavy atom. The standard InChI is InChI=1S/C15H20N4OS/c1-10-18-14(9-21-10)11-7-13(17-8-11)15(20)19(2)12-3-5-16-6-4-12/h7-9,12,16-17H,3-6H2,1-2H3. The highest BCUT2D eigenvalue weighted by molar-refractivity contribution is 7.09. The van der Waals surface area contributed by atoms with Crippen molar-refractivity contribution in [1.29, 1.82) is 0 Å². The number of nitrogens with zero attached hydrogens (tertiary/aromatic N) is 2. The summed E-state index contributed by atoms with van der Waals surface area (Å²) in [7, 11) is 1.89. The average Bonchev–Trinajstić information content (AvgIpc) is 3.15. The normalized spacial score (nSPS) is 16.1. The Morgan fingerprint density at radius 1 is 1.43 bits per heavy atom. The number of aromatic amines is 1. The lowest BCUT2D eigenvalue weighted by Gasteiger charge is -2.31. The van der Waals surface area contributed by atoms with Crippen molar-refractivity contribution in [1.82, 2.24) is 20.2 Å². The lowest BCUT2D eigenvalue weighted by Crippen LogP contribution is -2.44. The van der Waals surface area contributed by atoms with Gasteiger partial charge in [0.2, 0.25) is 0 Å². The quantitative estimate of drug-likeness (QED) is 0.914. The van der Waals surface area contributed by atoms with Crippen molar-refractivity contribution in [3.63, 3.8) is 0 Å². The molecule has 21 heavy (non-hydrogen) atoms. The molecule has 2 aromatic heterocycles. The van der Waals surface area contributed by atoms with E-state index in [0.717, 1.165) is 42.2 Å². The van der Waals surface area contributed by atoms with E-state index < -0.39 is 0 Å². The van der Waals surface area contributed by atoms with E-state index in [-0.39, 0.29) is 5.91 Å². The summed E-state index contributed by atoms with van der Waals surface area (Å²) in [4.78, 5) is 22.0. The van der Waals surface area contributed by atoms with Crippen molar-refractivity contribution in [2.45, 2.75) is 25.8 Å². The minimum atomic E-state index is 0.0556. The van der Waals surface area contributed by atoms with Crippen LogP contribution in [0, 0.1) is 6.92 Å². The zero-order valence-corrected chi connectivity index (χ0v) is 13.2. The van der Waals surface area contributed by atoms with Crippen LogP contribution in [-0.2, 0) is 0 Å². The molecular weight excluding hydrogens is 284 g/mol. The third-order valence-electron chi connectivity index (χ3n) is 4.00. The van der Waals surface area contributed by atoms with E-state index in [1.807, 2.05) is 36.5 Å². The van der Waals surface area contributed by atoms with Gasteiger partial charge >= 0.3 is 0 Å². The van der Waals surface area contributed by atoms with Crippen LogP contribution in [0.2, 0.25) is 0 Å². The summed E-state index contributed by atoms with van der Waals surface area (Å²) in [5, 5.41) is 6.37. The van der Waals surface area contributed by atoms with Crippen LogP contribution in [0.4, 0.5) is 0 Å². The lowest BCUT2D eigenvalue weighted by atomic mass is 10.1. The minimum Gasteiger partial charge on any atom is -0.357 e. The summed E-state index contributed by atoms with van der Waals surface area (Å²) in [6.07, 6.45) is 3.89. The number of aromatic nitrogens is 2. The summed E-state index contributed by atoms with van der Waals surface area (Å²) < 4.78 is 0. The SMILES string of the molecule is Cc1nc(-c2c[nH]c(C(=O)N(C)C3CCNCC3)c2)cs1. The molecule has 0 aliphatic carbocycles. The van der Waals surface area contributed by atoms with Crippen LogP contribution in [0.5, 0.6) is 0 Å². The number of carbonyl (C=O) groups excluding carboxylic acids is 1. The minimum absolute atomic E-state index is 0.0556. The Labute approximate surface area is 128 Å². The first kappa shape index (κ1) is 14.3. The molecule has 1 amide bonds. The molecule has 0 radical (unpaired) electrons. The predicted molar refractivity (Wildman–Crippen MR) is 84.6 cm³/mol. The second kappa shape index (κ2) is 5.99. The molecule has 0 atom stereocenters. The Bertz CT molecular complexity index is 627. The monoisotopic (exact) mass is 304 g/mol. The highest BCUT2D eigenvalue weighted by atomic mass is 32.1. The van der Waals surface area contributed by atoms with Crippen molar-refractivity contribution in [2.24, 2.45) is 0 Å². The van der Waals surface area contributed by atoms with E-state index >= 15 is 0 Å². The molecule has 1 aliphatic rings. The molecule has 112 valence electrons.